The van der Waals surface area contributed by atoms with E-state index < -0.39 is 30.1 Å². The fraction of sp³-hybridized carbons (Fsp3) is 0.345. The fourth-order valence-electron chi connectivity index (χ4n) is 5.39. The second-order valence-electron chi connectivity index (χ2n) is 10.5. The molecule has 3 heterocycles. The van der Waals surface area contributed by atoms with Crippen LogP contribution in [0.5, 0.6) is 0 Å². The number of para-hydroxylation sites is 1. The Morgan fingerprint density at radius 1 is 1.14 bits per heavy atom. The minimum atomic E-state index is -1.49. The van der Waals surface area contributed by atoms with E-state index in [1.54, 1.807) is 23.2 Å². The van der Waals surface area contributed by atoms with E-state index in [1.807, 2.05) is 18.2 Å². The zero-order valence-electron chi connectivity index (χ0n) is 23.2. The van der Waals surface area contributed by atoms with Gasteiger partial charge in [-0.25, -0.2) is 4.79 Å². The Morgan fingerprint density at radius 2 is 1.86 bits per heavy atom. The van der Waals surface area contributed by atoms with Gasteiger partial charge in [0.25, 0.3) is 11.8 Å². The van der Waals surface area contributed by atoms with Gasteiger partial charge in [-0.2, -0.15) is 5.26 Å². The first-order chi connectivity index (χ1) is 21.0. The summed E-state index contributed by atoms with van der Waals surface area (Å²) in [7, 11) is 0. The molecule has 0 saturated carbocycles. The Morgan fingerprint density at radius 3 is 2.55 bits per heavy atom. The maximum absolute atomic E-state index is 13.3. The summed E-state index contributed by atoms with van der Waals surface area (Å²) in [6.07, 6.45) is 0.338. The number of hydrogen-bond donors (Lipinski definition) is 5. The number of furan rings is 1. The van der Waals surface area contributed by atoms with Gasteiger partial charge in [-0.15, -0.1) is 4.99 Å². The number of aliphatic hydroxyl groups is 2. The van der Waals surface area contributed by atoms with Gasteiger partial charge in [-0.1, -0.05) is 41.4 Å². The van der Waals surface area contributed by atoms with Crippen molar-refractivity contribution in [1.82, 2.24) is 20.4 Å². The summed E-state index contributed by atoms with van der Waals surface area (Å²) in [6, 6.07) is 9.02. The molecule has 1 fully saturated rings. The zero-order valence-corrected chi connectivity index (χ0v) is 24.7. The highest BCUT2D eigenvalue weighted by atomic mass is 35.5. The molecule has 1 aromatic heterocycles. The maximum Gasteiger partial charge on any atom is 0.328 e. The number of piperidine rings is 1. The Hall–Kier alpha value is -4.35. The molecule has 15 heteroatoms. The summed E-state index contributed by atoms with van der Waals surface area (Å²) in [6.45, 7) is 0.221. The molecule has 2 aliphatic heterocycles. The zero-order chi connectivity index (χ0) is 31.5. The standard InChI is InChI=1S/C29H28Cl2N6O7/c30-20-7-16-11-36(27(41)23-8-15-3-1-2-4-22(15)44-23)6-5-19(16)25(31)24(20)26(40)35-21(28(42)43)10-33-29(34-14-32)37-12-17(38)9-18(39)13-37/h1-4,7-8,17-18,21,38-39H,5-6,9-13H2,(H,33,34)(H,35,40)(H,42,43)/t17-,18?,21+/m1/s1. The van der Waals surface area contributed by atoms with Crippen molar-refractivity contribution < 1.29 is 34.1 Å². The number of amides is 2. The number of nitriles is 1. The second kappa shape index (κ2) is 13.1. The van der Waals surface area contributed by atoms with E-state index in [4.69, 9.17) is 32.9 Å². The molecule has 5 N–H and O–H groups in total. The van der Waals surface area contributed by atoms with Crippen LogP contribution in [0.15, 0.2) is 45.8 Å². The van der Waals surface area contributed by atoms with Crippen molar-refractivity contribution in [2.24, 2.45) is 4.99 Å². The predicted octanol–water partition coefficient (Wildman–Crippen LogP) is 1.98. The van der Waals surface area contributed by atoms with Gasteiger partial charge < -0.3 is 40.2 Å². The number of guanidine groups is 1. The Kier molecular flexibility index (Phi) is 9.26. The largest absolute Gasteiger partial charge is 0.480 e. The van der Waals surface area contributed by atoms with E-state index in [9.17, 15) is 29.7 Å². The number of carboxylic acid groups (broad SMARTS) is 1. The first-order valence-electron chi connectivity index (χ1n) is 13.7. The molecule has 3 atom stereocenters. The molecular formula is C29H28Cl2N6O7. The Bertz CT molecular complexity index is 1640. The number of rotatable bonds is 6. The van der Waals surface area contributed by atoms with Crippen molar-refractivity contribution >= 4 is 57.9 Å². The number of carbonyl (C=O) groups excluding carboxylic acids is 2. The topological polar surface area (TPSA) is 192 Å². The van der Waals surface area contributed by atoms with Crippen molar-refractivity contribution in [3.05, 3.63) is 68.9 Å². The first-order valence-corrected chi connectivity index (χ1v) is 14.4. The summed E-state index contributed by atoms with van der Waals surface area (Å²) in [4.78, 5) is 45.1. The lowest BCUT2D eigenvalue weighted by atomic mass is 9.96. The molecule has 2 aliphatic rings. The predicted molar refractivity (Wildman–Crippen MR) is 159 cm³/mol. The van der Waals surface area contributed by atoms with E-state index in [0.29, 0.717) is 29.7 Å². The highest BCUT2D eigenvalue weighted by molar-refractivity contribution is 6.40. The van der Waals surface area contributed by atoms with Crippen LogP contribution in [-0.4, -0.2) is 93.3 Å². The van der Waals surface area contributed by atoms with Gasteiger partial charge in [-0.3, -0.25) is 9.59 Å². The third-order valence-electron chi connectivity index (χ3n) is 7.48. The lowest BCUT2D eigenvalue weighted by Crippen LogP contribution is -2.55. The lowest BCUT2D eigenvalue weighted by molar-refractivity contribution is -0.139. The van der Waals surface area contributed by atoms with Gasteiger partial charge in [0.15, 0.2) is 5.76 Å². The smallest absolute Gasteiger partial charge is 0.328 e. The van der Waals surface area contributed by atoms with Crippen LogP contribution in [0.1, 0.15) is 38.5 Å². The Labute approximate surface area is 261 Å². The number of halogens is 2. The van der Waals surface area contributed by atoms with Gasteiger partial charge in [0.05, 0.1) is 27.8 Å². The summed E-state index contributed by atoms with van der Waals surface area (Å²) in [5.74, 6) is -2.37. The van der Waals surface area contributed by atoms with Crippen LogP contribution in [0.4, 0.5) is 0 Å². The SMILES string of the molecule is N#C/N=C(/NC[C@H](NC(=O)c1c(Cl)cc2c(c1Cl)CCN(C(=O)c1cc3ccccc3o1)C2)C(=O)O)N1CC(O)C[C@@H](O)C1. The van der Waals surface area contributed by atoms with Crippen molar-refractivity contribution in [1.29, 1.82) is 5.26 Å². The number of carbonyl (C=O) groups is 3. The normalized spacial score (nSPS) is 19.2. The number of aliphatic hydroxyl groups excluding tert-OH is 2. The van der Waals surface area contributed by atoms with Gasteiger partial charge in [0, 0.05) is 44.5 Å². The third kappa shape index (κ3) is 6.58. The van der Waals surface area contributed by atoms with Gasteiger partial charge in [0.2, 0.25) is 12.2 Å². The number of carboxylic acids is 1. The molecule has 2 aromatic carbocycles. The maximum atomic E-state index is 13.3. The van der Waals surface area contributed by atoms with E-state index in [1.165, 1.54) is 11.0 Å². The fourth-order valence-corrected chi connectivity index (χ4v) is 6.15. The average Bonchev–Trinajstić information content (AvgIpc) is 3.41. The molecule has 1 unspecified atom stereocenters. The quantitative estimate of drug-likeness (QED) is 0.151. The lowest BCUT2D eigenvalue weighted by Gasteiger charge is -2.35. The first kappa shape index (κ1) is 31.1. The van der Waals surface area contributed by atoms with Crippen LogP contribution in [0.25, 0.3) is 11.0 Å². The molecule has 13 nitrogen and oxygen atoms in total. The minimum Gasteiger partial charge on any atom is -0.480 e. The number of nitrogens with one attached hydrogen (secondary N) is 2. The van der Waals surface area contributed by atoms with Gasteiger partial charge in [0.1, 0.15) is 11.6 Å². The number of aliphatic imine (C=N–C) groups is 1. The van der Waals surface area contributed by atoms with E-state index in [-0.39, 0.29) is 65.8 Å². The van der Waals surface area contributed by atoms with Gasteiger partial charge in [-0.05, 0) is 35.7 Å². The number of β-amino-alcohol motifs (C(OH)–C–C–N with tert-alkyl or cyclic N) is 2. The highest BCUT2D eigenvalue weighted by Crippen LogP contribution is 2.35. The molecule has 0 bridgehead atoms. The number of fused-ring (bicyclic) bond motifs is 2. The third-order valence-corrected chi connectivity index (χ3v) is 8.20. The monoisotopic (exact) mass is 642 g/mol. The molecular weight excluding hydrogens is 615 g/mol. The van der Waals surface area contributed by atoms with E-state index in [2.05, 4.69) is 15.6 Å². The van der Waals surface area contributed by atoms with Crippen LogP contribution >= 0.6 is 23.2 Å². The van der Waals surface area contributed by atoms with Crippen molar-refractivity contribution in [2.75, 3.05) is 26.2 Å². The Balaban J connectivity index is 1.28. The number of likely N-dealkylation sites (tertiary alicyclic amines) is 1. The van der Waals surface area contributed by atoms with Gasteiger partial charge >= 0.3 is 5.97 Å². The molecule has 0 spiro atoms. The molecule has 3 aromatic rings. The van der Waals surface area contributed by atoms with Crippen LogP contribution in [-0.2, 0) is 17.8 Å². The van der Waals surface area contributed by atoms with Crippen molar-refractivity contribution in [2.45, 2.75) is 37.6 Å². The number of benzene rings is 2. The molecule has 5 rings (SSSR count). The van der Waals surface area contributed by atoms with Crippen molar-refractivity contribution in [3.8, 4) is 6.19 Å². The average molecular weight is 643 g/mol. The molecule has 44 heavy (non-hydrogen) atoms. The summed E-state index contributed by atoms with van der Waals surface area (Å²) in [5, 5.41) is 44.8. The number of aliphatic carboxylic acids is 1. The van der Waals surface area contributed by atoms with Crippen LogP contribution in [0.3, 0.4) is 0 Å². The summed E-state index contributed by atoms with van der Waals surface area (Å²) >= 11 is 13.1. The summed E-state index contributed by atoms with van der Waals surface area (Å²) < 4.78 is 5.72. The number of hydrogen-bond acceptors (Lipinski definition) is 8. The highest BCUT2D eigenvalue weighted by Gasteiger charge is 2.32. The molecule has 1 saturated heterocycles. The summed E-state index contributed by atoms with van der Waals surface area (Å²) in [5.41, 5.74) is 1.75. The molecule has 2 amide bonds. The molecule has 230 valence electrons. The number of nitrogens with zero attached hydrogens (tertiary/aromatic N) is 4. The van der Waals surface area contributed by atoms with Crippen LogP contribution in [0, 0.1) is 11.5 Å². The molecule has 0 aliphatic carbocycles. The van der Waals surface area contributed by atoms with Crippen LogP contribution in [0.2, 0.25) is 10.0 Å². The van der Waals surface area contributed by atoms with E-state index >= 15 is 0 Å². The van der Waals surface area contributed by atoms with Crippen molar-refractivity contribution in [3.63, 3.8) is 0 Å². The van der Waals surface area contributed by atoms with E-state index in [0.717, 1.165) is 5.39 Å². The minimum absolute atomic E-state index is 0.0237. The van der Waals surface area contributed by atoms with Crippen LogP contribution < -0.4 is 10.6 Å². The molecule has 0 radical (unpaired) electrons. The second-order valence-corrected chi connectivity index (χ2v) is 11.3.